The van der Waals surface area contributed by atoms with Crippen LogP contribution in [0.1, 0.15) is 24.2 Å². The number of rotatable bonds is 5. The molecule has 0 saturated heterocycles. The monoisotopic (exact) mass is 276 g/mol. The molecular formula is C15H17ClN2O. The minimum absolute atomic E-state index is 0.119. The molecule has 0 bridgehead atoms. The normalized spacial score (nSPS) is 14.1. The Hall–Kier alpha value is -1.42. The molecule has 0 aliphatic carbocycles. The summed E-state index contributed by atoms with van der Waals surface area (Å²) in [5.74, 6) is 0. The van der Waals surface area contributed by atoms with Crippen molar-refractivity contribution in [2.75, 3.05) is 0 Å². The molecule has 1 heterocycles. The van der Waals surface area contributed by atoms with Gasteiger partial charge in [0.2, 0.25) is 0 Å². The molecule has 0 aliphatic heterocycles. The van der Waals surface area contributed by atoms with E-state index in [4.69, 9.17) is 22.1 Å². The van der Waals surface area contributed by atoms with Crippen molar-refractivity contribution >= 4 is 11.6 Å². The van der Waals surface area contributed by atoms with Crippen LogP contribution in [0.3, 0.4) is 0 Å². The molecule has 1 aromatic heterocycles. The van der Waals surface area contributed by atoms with Gasteiger partial charge in [-0.3, -0.25) is 4.98 Å². The van der Waals surface area contributed by atoms with Gasteiger partial charge in [0, 0.05) is 29.0 Å². The van der Waals surface area contributed by atoms with Crippen LogP contribution in [0.2, 0.25) is 5.02 Å². The maximum atomic E-state index is 6.11. The van der Waals surface area contributed by atoms with E-state index in [9.17, 15) is 0 Å². The van der Waals surface area contributed by atoms with E-state index in [1.54, 1.807) is 12.4 Å². The van der Waals surface area contributed by atoms with E-state index in [1.165, 1.54) is 0 Å². The van der Waals surface area contributed by atoms with Crippen molar-refractivity contribution in [1.29, 1.82) is 0 Å². The molecule has 2 rings (SSSR count). The second-order valence-electron chi connectivity index (χ2n) is 4.47. The summed E-state index contributed by atoms with van der Waals surface area (Å²) in [4.78, 5) is 4.10. The number of halogens is 1. The van der Waals surface area contributed by atoms with Crippen molar-refractivity contribution in [3.63, 3.8) is 0 Å². The van der Waals surface area contributed by atoms with Crippen molar-refractivity contribution in [3.8, 4) is 0 Å². The van der Waals surface area contributed by atoms with Gasteiger partial charge in [-0.25, -0.2) is 0 Å². The highest BCUT2D eigenvalue weighted by atomic mass is 35.5. The van der Waals surface area contributed by atoms with Crippen LogP contribution < -0.4 is 5.73 Å². The van der Waals surface area contributed by atoms with Crippen LogP contribution >= 0.6 is 11.6 Å². The summed E-state index contributed by atoms with van der Waals surface area (Å²) in [6.45, 7) is 2.35. The van der Waals surface area contributed by atoms with Gasteiger partial charge >= 0.3 is 0 Å². The van der Waals surface area contributed by atoms with E-state index >= 15 is 0 Å². The quantitative estimate of drug-likeness (QED) is 0.911. The first-order chi connectivity index (χ1) is 9.18. The third-order valence-corrected chi connectivity index (χ3v) is 3.24. The number of benzene rings is 1. The first kappa shape index (κ1) is 14.0. The molecule has 0 aliphatic rings. The van der Waals surface area contributed by atoms with Crippen molar-refractivity contribution < 1.29 is 4.74 Å². The predicted octanol–water partition coefficient (Wildman–Crippen LogP) is 3.34. The summed E-state index contributed by atoms with van der Waals surface area (Å²) in [7, 11) is 0. The van der Waals surface area contributed by atoms with Crippen LogP contribution in [0.25, 0.3) is 0 Å². The van der Waals surface area contributed by atoms with E-state index < -0.39 is 0 Å². The Balaban J connectivity index is 2.09. The molecule has 2 atom stereocenters. The lowest BCUT2D eigenvalue weighted by Crippen LogP contribution is -2.27. The molecule has 0 spiro atoms. The molecule has 100 valence electrons. The van der Waals surface area contributed by atoms with E-state index in [1.807, 2.05) is 43.3 Å². The first-order valence-electron chi connectivity index (χ1n) is 6.19. The summed E-state index contributed by atoms with van der Waals surface area (Å²) in [6.07, 6.45) is 3.32. The highest BCUT2D eigenvalue weighted by Crippen LogP contribution is 2.23. The van der Waals surface area contributed by atoms with Crippen LogP contribution in [0.15, 0.2) is 48.8 Å². The maximum Gasteiger partial charge on any atom is 0.0992 e. The first-order valence-corrected chi connectivity index (χ1v) is 6.57. The highest BCUT2D eigenvalue weighted by Gasteiger charge is 2.17. The molecule has 2 N–H and O–H groups in total. The number of ether oxygens (including phenoxy) is 1. The second-order valence-corrected chi connectivity index (χ2v) is 4.88. The third-order valence-electron chi connectivity index (χ3n) is 2.87. The second kappa shape index (κ2) is 6.66. The molecule has 3 nitrogen and oxygen atoms in total. The van der Waals surface area contributed by atoms with Crippen LogP contribution in [-0.4, -0.2) is 11.0 Å². The Kier molecular flexibility index (Phi) is 4.91. The van der Waals surface area contributed by atoms with E-state index in [0.29, 0.717) is 11.6 Å². The van der Waals surface area contributed by atoms with Gasteiger partial charge in [-0.15, -0.1) is 0 Å². The molecule has 1 aromatic carbocycles. The zero-order chi connectivity index (χ0) is 13.7. The average Bonchev–Trinajstić information content (AvgIpc) is 2.42. The molecule has 19 heavy (non-hydrogen) atoms. The summed E-state index contributed by atoms with van der Waals surface area (Å²) in [5.41, 5.74) is 7.92. The van der Waals surface area contributed by atoms with Gasteiger partial charge in [0.1, 0.15) is 0 Å². The van der Waals surface area contributed by atoms with Crippen molar-refractivity contribution in [2.45, 2.75) is 25.7 Å². The number of aromatic nitrogens is 1. The largest absolute Gasteiger partial charge is 0.367 e. The lowest BCUT2D eigenvalue weighted by atomic mass is 10.1. The molecule has 0 fully saturated rings. The van der Waals surface area contributed by atoms with Gasteiger partial charge < -0.3 is 10.5 Å². The lowest BCUT2D eigenvalue weighted by molar-refractivity contribution is 0.0257. The smallest absolute Gasteiger partial charge is 0.0992 e. The zero-order valence-electron chi connectivity index (χ0n) is 10.8. The van der Waals surface area contributed by atoms with Crippen LogP contribution in [0, 0.1) is 0 Å². The molecule has 4 heteroatoms. The van der Waals surface area contributed by atoms with E-state index in [2.05, 4.69) is 4.98 Å². The van der Waals surface area contributed by atoms with Gasteiger partial charge in [-0.2, -0.15) is 0 Å². The number of nitrogens with two attached hydrogens (primary N) is 1. The van der Waals surface area contributed by atoms with Crippen molar-refractivity contribution in [2.24, 2.45) is 5.73 Å². The number of nitrogens with zero attached hydrogens (tertiary/aromatic N) is 1. The summed E-state index contributed by atoms with van der Waals surface area (Å²) in [6, 6.07) is 11.4. The third kappa shape index (κ3) is 3.77. The topological polar surface area (TPSA) is 48.1 Å². The van der Waals surface area contributed by atoms with Crippen LogP contribution in [0.5, 0.6) is 0 Å². The van der Waals surface area contributed by atoms with E-state index in [0.717, 1.165) is 11.1 Å². The minimum Gasteiger partial charge on any atom is -0.367 e. The Labute approximate surface area is 118 Å². The molecule has 2 aromatic rings. The van der Waals surface area contributed by atoms with Crippen LogP contribution in [-0.2, 0) is 11.3 Å². The Bertz CT molecular complexity index is 517. The van der Waals surface area contributed by atoms with Crippen LogP contribution in [0.4, 0.5) is 0 Å². The molecule has 0 radical (unpaired) electrons. The van der Waals surface area contributed by atoms with Gasteiger partial charge in [-0.05, 0) is 24.6 Å². The van der Waals surface area contributed by atoms with Crippen molar-refractivity contribution in [3.05, 3.63) is 64.9 Å². The fraction of sp³-hybridized carbons (Fsp3) is 0.267. The molecular weight excluding hydrogens is 260 g/mol. The maximum absolute atomic E-state index is 6.11. The number of hydrogen-bond donors (Lipinski definition) is 1. The lowest BCUT2D eigenvalue weighted by Gasteiger charge is -2.21. The number of hydrogen-bond acceptors (Lipinski definition) is 3. The van der Waals surface area contributed by atoms with Gasteiger partial charge in [-0.1, -0.05) is 35.9 Å². The molecule has 0 saturated carbocycles. The molecule has 0 amide bonds. The molecule has 2 unspecified atom stereocenters. The van der Waals surface area contributed by atoms with Gasteiger partial charge in [0.05, 0.1) is 12.7 Å². The van der Waals surface area contributed by atoms with Gasteiger partial charge in [0.25, 0.3) is 0 Å². The summed E-state index contributed by atoms with van der Waals surface area (Å²) < 4.78 is 5.91. The fourth-order valence-corrected chi connectivity index (χ4v) is 2.08. The standard InChI is InChI=1S/C15H17ClN2O/c1-11(17)15(12-6-4-8-18-9-12)19-10-13-5-2-3-7-14(13)16/h2-9,11,15H,10,17H2,1H3. The summed E-state index contributed by atoms with van der Waals surface area (Å²) >= 11 is 6.11. The van der Waals surface area contributed by atoms with E-state index in [-0.39, 0.29) is 12.1 Å². The number of pyridine rings is 1. The van der Waals surface area contributed by atoms with Crippen molar-refractivity contribution in [1.82, 2.24) is 4.98 Å². The Morgan fingerprint density at radius 1 is 1.26 bits per heavy atom. The summed E-state index contributed by atoms with van der Waals surface area (Å²) in [5, 5.41) is 0.706. The Morgan fingerprint density at radius 3 is 2.68 bits per heavy atom. The zero-order valence-corrected chi connectivity index (χ0v) is 11.5. The van der Waals surface area contributed by atoms with Gasteiger partial charge in [0.15, 0.2) is 0 Å². The fourth-order valence-electron chi connectivity index (χ4n) is 1.89. The highest BCUT2D eigenvalue weighted by molar-refractivity contribution is 6.31. The average molecular weight is 277 g/mol. The minimum atomic E-state index is -0.190. The Morgan fingerprint density at radius 2 is 2.05 bits per heavy atom. The predicted molar refractivity (Wildman–Crippen MR) is 76.9 cm³/mol. The SMILES string of the molecule is CC(N)C(OCc1ccccc1Cl)c1cccnc1.